The summed E-state index contributed by atoms with van der Waals surface area (Å²) in [6.45, 7) is 16.8. The highest BCUT2D eigenvalue weighted by Gasteiger charge is 2.48. The Hall–Kier alpha value is -9.92. The van der Waals surface area contributed by atoms with E-state index >= 15 is 0 Å². The number of carbonyl (C=O) groups excluding carboxylic acids is 9. The van der Waals surface area contributed by atoms with Crippen molar-refractivity contribution < 1.29 is 94.4 Å². The number of nitrogens with two attached hydrogens (primary N) is 1. The fourth-order valence-corrected chi connectivity index (χ4v) is 14.1. The number of nitrogens with zero attached hydrogens (tertiary/aromatic N) is 4. The Balaban J connectivity index is 0.769. The topological polar surface area (TPSA) is 392 Å². The molecule has 0 radical (unpaired) electrons. The molecule has 9 amide bonds. The van der Waals surface area contributed by atoms with Crippen LogP contribution < -0.4 is 56.2 Å². The first-order chi connectivity index (χ1) is 51.0. The van der Waals surface area contributed by atoms with E-state index < -0.39 is 105 Å². The molecule has 0 saturated carbocycles. The largest absolute Gasteiger partial charge is 0.493 e. The Labute approximate surface area is 622 Å². The number of ether oxygens (including phenoxy) is 7. The number of amides is 9. The zero-order valence-electron chi connectivity index (χ0n) is 61.3. The van der Waals surface area contributed by atoms with Crippen LogP contribution in [-0.2, 0) is 66.1 Å². The van der Waals surface area contributed by atoms with Crippen LogP contribution in [-0.4, -0.2) is 206 Å². The molecule has 5 aliphatic rings. The van der Waals surface area contributed by atoms with Gasteiger partial charge in [-0.25, -0.2) is 9.69 Å². The molecular weight excluding hydrogens is 1400 g/mol. The number of hydrogen-bond acceptors (Lipinski definition) is 21. The standard InChI is InChI=1S/C76H98N10O20S/c1-47-37-58-70(107(97,98)99)82-55-42-62(60(100-7)40-52(55)71(93)84(58)44-47)102-33-15-10-16-34-103-63-43-57-53(41-61(63)101-8)72(94)85-45-48(2)38-59(85)73(95)86(57)74(96)104-46-50-20-22-51(23-21-50)79-68(91)54(19-13-14-30-77)81-69(92)56(39-49-17-11-9-12-18-49)80-65(88)27-35-105-76(5,6)29-36-106-75(3,4)28-31-78-64(87)26-32-83-66(89)24-25-67(83)90/h9,11-12,17-18,20-25,40-43,54,56,58-59,70,73,82,95H,1-2,10,13-16,19,26-39,44-46,77H2,3-8H3,(H,78,87)(H,79,91)(H,80,88)(H,81,92)(H,97,98,99)/t54-,56-,58-,59-,70?,73-/m0/s1. The first kappa shape index (κ1) is 81.2. The summed E-state index contributed by atoms with van der Waals surface area (Å²) in [5, 5.41) is 24.8. The molecule has 0 bridgehead atoms. The lowest BCUT2D eigenvalue weighted by molar-refractivity contribution is -0.137. The molecule has 9 N–H and O–H groups in total. The highest BCUT2D eigenvalue weighted by atomic mass is 32.2. The second-order valence-electron chi connectivity index (χ2n) is 28.2. The Morgan fingerprint density at radius 3 is 1.93 bits per heavy atom. The molecule has 107 heavy (non-hydrogen) atoms. The average molecular weight is 1500 g/mol. The Bertz CT molecular complexity index is 4080. The van der Waals surface area contributed by atoms with Crippen LogP contribution in [0.15, 0.2) is 115 Å². The Morgan fingerprint density at radius 2 is 1.28 bits per heavy atom. The quantitative estimate of drug-likeness (QED) is 0.0103. The number of unbranched alkanes of at least 4 members (excludes halogenated alkanes) is 3. The third kappa shape index (κ3) is 21.7. The van der Waals surface area contributed by atoms with Gasteiger partial charge in [-0.05, 0) is 134 Å². The van der Waals surface area contributed by atoms with Crippen molar-refractivity contribution in [3.8, 4) is 23.0 Å². The maximum absolute atomic E-state index is 14.5. The van der Waals surface area contributed by atoms with Crippen molar-refractivity contribution in [1.82, 2.24) is 30.7 Å². The molecule has 0 aromatic heterocycles. The minimum Gasteiger partial charge on any atom is -0.493 e. The van der Waals surface area contributed by atoms with E-state index in [9.17, 15) is 61.2 Å². The van der Waals surface area contributed by atoms with Gasteiger partial charge < -0.3 is 80.4 Å². The van der Waals surface area contributed by atoms with Gasteiger partial charge >= 0.3 is 6.09 Å². The number of fused-ring (bicyclic) bond motifs is 4. The second kappa shape index (κ2) is 36.6. The molecule has 578 valence electrons. The van der Waals surface area contributed by atoms with Gasteiger partial charge in [-0.15, -0.1) is 0 Å². The van der Waals surface area contributed by atoms with Gasteiger partial charge in [-0.2, -0.15) is 8.42 Å². The fourth-order valence-electron chi connectivity index (χ4n) is 13.1. The predicted octanol–water partition coefficient (Wildman–Crippen LogP) is 6.46. The number of carbonyl (C=O) groups is 9. The minimum atomic E-state index is -4.67. The van der Waals surface area contributed by atoms with Gasteiger partial charge in [0.05, 0.1) is 92.9 Å². The van der Waals surface area contributed by atoms with Crippen LogP contribution in [0.3, 0.4) is 0 Å². The summed E-state index contributed by atoms with van der Waals surface area (Å²) in [7, 11) is -1.85. The van der Waals surface area contributed by atoms with Crippen LogP contribution in [0, 0.1) is 0 Å². The molecule has 4 aromatic carbocycles. The number of benzene rings is 4. The molecule has 9 rings (SSSR count). The smallest absolute Gasteiger partial charge is 0.416 e. The Kier molecular flexibility index (Phi) is 27.8. The van der Waals surface area contributed by atoms with Crippen LogP contribution in [0.25, 0.3) is 0 Å². The number of imide groups is 1. The molecule has 0 spiro atoms. The highest BCUT2D eigenvalue weighted by molar-refractivity contribution is 7.86. The number of methoxy groups -OCH3 is 2. The molecule has 6 atom stereocenters. The molecule has 2 fully saturated rings. The third-order valence-electron chi connectivity index (χ3n) is 19.1. The van der Waals surface area contributed by atoms with E-state index in [4.69, 9.17) is 38.9 Å². The molecular formula is C76H98N10O20S. The summed E-state index contributed by atoms with van der Waals surface area (Å²) in [5.41, 5.74) is 7.76. The van der Waals surface area contributed by atoms with Crippen molar-refractivity contribution in [3.05, 3.63) is 138 Å². The molecule has 4 aromatic rings. The van der Waals surface area contributed by atoms with Gasteiger partial charge in [0, 0.05) is 69.0 Å². The van der Waals surface area contributed by atoms with Crippen molar-refractivity contribution in [1.29, 1.82) is 0 Å². The van der Waals surface area contributed by atoms with E-state index in [0.717, 1.165) is 15.4 Å². The van der Waals surface area contributed by atoms with Gasteiger partial charge in [0.2, 0.25) is 23.6 Å². The van der Waals surface area contributed by atoms with Crippen molar-refractivity contribution in [2.24, 2.45) is 5.73 Å². The maximum atomic E-state index is 14.5. The number of anilines is 3. The van der Waals surface area contributed by atoms with Gasteiger partial charge in [-0.3, -0.25) is 47.8 Å². The summed E-state index contributed by atoms with van der Waals surface area (Å²) in [4.78, 5) is 125. The second-order valence-corrected chi connectivity index (χ2v) is 29.8. The lowest BCUT2D eigenvalue weighted by atomic mass is 10.0. The molecule has 5 heterocycles. The SMILES string of the molecule is C=C1C[C@H]2C(S(=O)(=O)O)Nc3cc(OCCCCCOc4cc5c(cc4OC)C(=O)N4CC(=C)C[C@H]4[C@H](O)N5C(=O)OCc4ccc(NC(=O)[C@H](CCCCN)NC(=O)[C@H](Cc5ccccc5)NC(=O)CCOC(C)(C)CCOC(C)(C)CCNC(=O)CCN5C(=O)C=CC5=O)cc4)c(OC)cc3C(=O)N2C1. The van der Waals surface area contributed by atoms with Crippen LogP contribution in [0.2, 0.25) is 0 Å². The van der Waals surface area contributed by atoms with Crippen molar-refractivity contribution in [2.75, 3.05) is 88.9 Å². The van der Waals surface area contributed by atoms with E-state index in [-0.39, 0.29) is 136 Å². The zero-order chi connectivity index (χ0) is 77.3. The van der Waals surface area contributed by atoms with Crippen molar-refractivity contribution >= 4 is 80.5 Å². The number of rotatable bonds is 38. The summed E-state index contributed by atoms with van der Waals surface area (Å²) >= 11 is 0. The van der Waals surface area contributed by atoms with E-state index in [2.05, 4.69) is 39.7 Å². The third-order valence-corrected chi connectivity index (χ3v) is 20.2. The van der Waals surface area contributed by atoms with Crippen molar-refractivity contribution in [3.63, 3.8) is 0 Å². The maximum Gasteiger partial charge on any atom is 0.416 e. The molecule has 5 aliphatic heterocycles. The molecule has 2 saturated heterocycles. The number of nitrogens with one attached hydrogen (secondary N) is 5. The normalized spacial score (nSPS) is 18.3. The average Bonchev–Trinajstić information content (AvgIpc) is 1.59. The first-order valence-corrected chi connectivity index (χ1v) is 37.3. The molecule has 30 nitrogen and oxygen atoms in total. The van der Waals surface area contributed by atoms with Crippen LogP contribution in [0.1, 0.15) is 137 Å². The number of aliphatic hydroxyl groups is 1. The summed E-state index contributed by atoms with van der Waals surface area (Å²) in [6, 6.07) is 17.5. The minimum absolute atomic E-state index is 0.00656. The molecule has 31 heteroatoms. The van der Waals surface area contributed by atoms with Gasteiger partial charge in [0.25, 0.3) is 33.7 Å². The lowest BCUT2D eigenvalue weighted by Crippen LogP contribution is -2.53. The number of hydrogen-bond donors (Lipinski definition) is 8. The van der Waals surface area contributed by atoms with Gasteiger partial charge in [0.1, 0.15) is 18.7 Å². The van der Waals surface area contributed by atoms with E-state index in [1.807, 2.05) is 58.0 Å². The number of aliphatic hydroxyl groups excluding tert-OH is 1. The lowest BCUT2D eigenvalue weighted by Gasteiger charge is -2.31. The molecule has 0 aliphatic carbocycles. The first-order valence-electron chi connectivity index (χ1n) is 35.8. The van der Waals surface area contributed by atoms with E-state index in [0.29, 0.717) is 87.0 Å². The Morgan fingerprint density at radius 1 is 0.673 bits per heavy atom. The van der Waals surface area contributed by atoms with E-state index in [1.54, 1.807) is 24.3 Å². The van der Waals surface area contributed by atoms with Crippen molar-refractivity contribution in [2.45, 2.75) is 165 Å². The van der Waals surface area contributed by atoms with Crippen LogP contribution in [0.5, 0.6) is 23.0 Å². The summed E-state index contributed by atoms with van der Waals surface area (Å²) in [5.74, 6) is -2.90. The van der Waals surface area contributed by atoms with E-state index in [1.165, 1.54) is 60.4 Å². The van der Waals surface area contributed by atoms with Crippen LogP contribution >= 0.6 is 0 Å². The zero-order valence-corrected chi connectivity index (χ0v) is 62.1. The van der Waals surface area contributed by atoms with Crippen LogP contribution in [0.4, 0.5) is 21.9 Å². The highest BCUT2D eigenvalue weighted by Crippen LogP contribution is 2.44. The predicted molar refractivity (Wildman–Crippen MR) is 395 cm³/mol. The fraction of sp³-hybridized carbons (Fsp3) is 0.487. The van der Waals surface area contributed by atoms with Gasteiger partial charge in [-0.1, -0.05) is 66.8 Å². The summed E-state index contributed by atoms with van der Waals surface area (Å²) in [6.07, 6.45) is 3.94. The monoisotopic (exact) mass is 1500 g/mol. The molecule has 1 unspecified atom stereocenters. The van der Waals surface area contributed by atoms with Gasteiger partial charge in [0.15, 0.2) is 34.6 Å². The summed E-state index contributed by atoms with van der Waals surface area (Å²) < 4.78 is 77.1.